The topological polar surface area (TPSA) is 66.0 Å². The lowest BCUT2D eigenvalue weighted by molar-refractivity contribution is 0.0528. The lowest BCUT2D eigenvalue weighted by atomic mass is 10.1. The van der Waals surface area contributed by atoms with E-state index in [0.29, 0.717) is 19.6 Å². The van der Waals surface area contributed by atoms with Crippen LogP contribution in [0.2, 0.25) is 0 Å². The number of hydrogen-bond donors (Lipinski definition) is 1. The van der Waals surface area contributed by atoms with Gasteiger partial charge in [-0.25, -0.2) is 4.79 Å². The molecule has 0 bridgehead atoms. The molecular formula is C22H29NO5. The second-order valence-corrected chi connectivity index (χ2v) is 7.33. The number of nitrogens with one attached hydrogen (secondary N) is 1. The highest BCUT2D eigenvalue weighted by molar-refractivity contribution is 5.67. The van der Waals surface area contributed by atoms with Gasteiger partial charge in [0, 0.05) is 12.6 Å². The SMILES string of the molecule is COc1cc(COc2ccc(CCNC(=O)OC(C)(C)C)cc2)cc(OC)c1. The zero-order valence-corrected chi connectivity index (χ0v) is 17.2. The van der Waals surface area contributed by atoms with Gasteiger partial charge >= 0.3 is 6.09 Å². The Kier molecular flexibility index (Phi) is 7.55. The molecule has 28 heavy (non-hydrogen) atoms. The molecular weight excluding hydrogens is 358 g/mol. The molecule has 0 atom stereocenters. The van der Waals surface area contributed by atoms with E-state index in [1.807, 2.05) is 63.2 Å². The van der Waals surface area contributed by atoms with E-state index in [-0.39, 0.29) is 0 Å². The number of rotatable bonds is 8. The lowest BCUT2D eigenvalue weighted by Crippen LogP contribution is -2.33. The molecule has 2 aromatic rings. The van der Waals surface area contributed by atoms with Crippen LogP contribution in [-0.4, -0.2) is 32.5 Å². The number of amides is 1. The Bertz CT molecular complexity index is 743. The summed E-state index contributed by atoms with van der Waals surface area (Å²) >= 11 is 0. The quantitative estimate of drug-likeness (QED) is 0.729. The summed E-state index contributed by atoms with van der Waals surface area (Å²) in [6.45, 7) is 6.44. The summed E-state index contributed by atoms with van der Waals surface area (Å²) < 4.78 is 21.6. The number of methoxy groups -OCH3 is 2. The minimum atomic E-state index is -0.490. The van der Waals surface area contributed by atoms with Crippen molar-refractivity contribution in [3.63, 3.8) is 0 Å². The standard InChI is InChI=1S/C22H29NO5/c1-22(2,3)28-21(24)23-11-10-16-6-8-18(9-7-16)27-15-17-12-19(25-4)14-20(13-17)26-5/h6-9,12-14H,10-11,15H2,1-5H3,(H,23,24). The third-order valence-corrected chi connectivity index (χ3v) is 3.82. The van der Waals surface area contributed by atoms with E-state index in [1.165, 1.54) is 0 Å². The van der Waals surface area contributed by atoms with Crippen molar-refractivity contribution in [1.82, 2.24) is 5.32 Å². The van der Waals surface area contributed by atoms with Gasteiger partial charge < -0.3 is 24.3 Å². The molecule has 0 aromatic heterocycles. The summed E-state index contributed by atoms with van der Waals surface area (Å²) in [6.07, 6.45) is 0.313. The Morgan fingerprint density at radius 3 is 2.04 bits per heavy atom. The maximum atomic E-state index is 11.6. The Morgan fingerprint density at radius 2 is 1.50 bits per heavy atom. The van der Waals surface area contributed by atoms with Crippen LogP contribution in [0.5, 0.6) is 17.2 Å². The molecule has 152 valence electrons. The summed E-state index contributed by atoms with van der Waals surface area (Å²) in [5.74, 6) is 2.22. The molecule has 0 saturated heterocycles. The third-order valence-electron chi connectivity index (χ3n) is 3.82. The zero-order chi connectivity index (χ0) is 20.6. The van der Waals surface area contributed by atoms with Crippen molar-refractivity contribution >= 4 is 6.09 Å². The smallest absolute Gasteiger partial charge is 0.407 e. The first-order chi connectivity index (χ1) is 13.3. The van der Waals surface area contributed by atoms with E-state index in [2.05, 4.69) is 5.32 Å². The normalized spacial score (nSPS) is 10.9. The van der Waals surface area contributed by atoms with Gasteiger partial charge in [-0.15, -0.1) is 0 Å². The molecule has 6 nitrogen and oxygen atoms in total. The van der Waals surface area contributed by atoms with Crippen LogP contribution >= 0.6 is 0 Å². The third kappa shape index (κ3) is 7.39. The molecule has 0 saturated carbocycles. The molecule has 0 spiro atoms. The van der Waals surface area contributed by atoms with E-state index >= 15 is 0 Å². The average molecular weight is 387 g/mol. The number of hydrogen-bond acceptors (Lipinski definition) is 5. The number of carbonyl (C=O) groups is 1. The monoisotopic (exact) mass is 387 g/mol. The van der Waals surface area contributed by atoms with Crippen LogP contribution in [0.4, 0.5) is 4.79 Å². The molecule has 0 radical (unpaired) electrons. The first kappa shape index (κ1) is 21.4. The Labute approximate surface area is 166 Å². The van der Waals surface area contributed by atoms with Crippen molar-refractivity contribution in [3.05, 3.63) is 53.6 Å². The first-order valence-electron chi connectivity index (χ1n) is 9.19. The molecule has 0 heterocycles. The predicted molar refractivity (Wildman–Crippen MR) is 108 cm³/mol. The van der Waals surface area contributed by atoms with Gasteiger partial charge in [0.25, 0.3) is 0 Å². The van der Waals surface area contributed by atoms with Gasteiger partial charge in [-0.1, -0.05) is 12.1 Å². The number of benzene rings is 2. The molecule has 0 aliphatic carbocycles. The fourth-order valence-corrected chi connectivity index (χ4v) is 2.49. The molecule has 6 heteroatoms. The summed E-state index contributed by atoms with van der Waals surface area (Å²) in [7, 11) is 3.24. The molecule has 0 fully saturated rings. The summed E-state index contributed by atoms with van der Waals surface area (Å²) in [6, 6.07) is 13.5. The minimum Gasteiger partial charge on any atom is -0.497 e. The maximum absolute atomic E-state index is 11.6. The Morgan fingerprint density at radius 1 is 0.893 bits per heavy atom. The largest absolute Gasteiger partial charge is 0.497 e. The predicted octanol–water partition coefficient (Wildman–Crippen LogP) is 4.35. The molecule has 0 unspecified atom stereocenters. The van der Waals surface area contributed by atoms with E-state index in [1.54, 1.807) is 14.2 Å². The van der Waals surface area contributed by atoms with E-state index in [0.717, 1.165) is 28.4 Å². The van der Waals surface area contributed by atoms with Crippen molar-refractivity contribution in [1.29, 1.82) is 0 Å². The van der Waals surface area contributed by atoms with Crippen LogP contribution in [0.1, 0.15) is 31.9 Å². The summed E-state index contributed by atoms with van der Waals surface area (Å²) in [4.78, 5) is 11.6. The van der Waals surface area contributed by atoms with Crippen molar-refractivity contribution in [2.45, 2.75) is 39.4 Å². The van der Waals surface area contributed by atoms with E-state index in [9.17, 15) is 4.79 Å². The zero-order valence-electron chi connectivity index (χ0n) is 17.2. The van der Waals surface area contributed by atoms with E-state index in [4.69, 9.17) is 18.9 Å². The van der Waals surface area contributed by atoms with Crippen molar-refractivity contribution in [2.24, 2.45) is 0 Å². The average Bonchev–Trinajstić information content (AvgIpc) is 2.65. The molecule has 0 aliphatic heterocycles. The van der Waals surface area contributed by atoms with Gasteiger partial charge in [0.15, 0.2) is 0 Å². The van der Waals surface area contributed by atoms with Gasteiger partial charge in [-0.2, -0.15) is 0 Å². The van der Waals surface area contributed by atoms with Crippen LogP contribution in [0.25, 0.3) is 0 Å². The second-order valence-electron chi connectivity index (χ2n) is 7.33. The van der Waals surface area contributed by atoms with Gasteiger partial charge in [0.1, 0.15) is 29.5 Å². The van der Waals surface area contributed by atoms with Gasteiger partial charge in [0.05, 0.1) is 14.2 Å². The number of alkyl carbamates (subject to hydrolysis) is 1. The van der Waals surface area contributed by atoms with Crippen molar-refractivity contribution in [2.75, 3.05) is 20.8 Å². The summed E-state index contributed by atoms with van der Waals surface area (Å²) in [5, 5.41) is 2.75. The number of carbonyl (C=O) groups excluding carboxylic acids is 1. The highest BCUT2D eigenvalue weighted by atomic mass is 16.6. The van der Waals surface area contributed by atoms with Crippen LogP contribution in [-0.2, 0) is 17.8 Å². The van der Waals surface area contributed by atoms with Crippen LogP contribution in [0.3, 0.4) is 0 Å². The highest BCUT2D eigenvalue weighted by Crippen LogP contribution is 2.23. The van der Waals surface area contributed by atoms with Crippen LogP contribution in [0.15, 0.2) is 42.5 Å². The highest BCUT2D eigenvalue weighted by Gasteiger charge is 2.15. The van der Waals surface area contributed by atoms with Crippen molar-refractivity contribution < 1.29 is 23.7 Å². The van der Waals surface area contributed by atoms with Crippen molar-refractivity contribution in [3.8, 4) is 17.2 Å². The number of ether oxygens (including phenoxy) is 4. The van der Waals surface area contributed by atoms with E-state index < -0.39 is 11.7 Å². The molecule has 2 rings (SSSR count). The van der Waals surface area contributed by atoms with Gasteiger partial charge in [-0.05, 0) is 62.6 Å². The van der Waals surface area contributed by atoms with Crippen LogP contribution in [0, 0.1) is 0 Å². The van der Waals surface area contributed by atoms with Gasteiger partial charge in [-0.3, -0.25) is 0 Å². The molecule has 1 amide bonds. The lowest BCUT2D eigenvalue weighted by Gasteiger charge is -2.19. The Balaban J connectivity index is 1.82. The Hall–Kier alpha value is -2.89. The summed E-state index contributed by atoms with van der Waals surface area (Å²) in [5.41, 5.74) is 1.57. The second kappa shape index (κ2) is 9.88. The molecule has 1 N–H and O–H groups in total. The fraction of sp³-hybridized carbons (Fsp3) is 0.409. The fourth-order valence-electron chi connectivity index (χ4n) is 2.49. The van der Waals surface area contributed by atoms with Crippen LogP contribution < -0.4 is 19.5 Å². The molecule has 0 aliphatic rings. The molecule has 2 aromatic carbocycles. The minimum absolute atomic E-state index is 0.402. The maximum Gasteiger partial charge on any atom is 0.407 e. The first-order valence-corrected chi connectivity index (χ1v) is 9.19. The van der Waals surface area contributed by atoms with Gasteiger partial charge in [0.2, 0.25) is 0 Å².